The van der Waals surface area contributed by atoms with Gasteiger partial charge in [-0.05, 0) is 36.2 Å². The summed E-state index contributed by atoms with van der Waals surface area (Å²) in [7, 11) is 0. The minimum absolute atomic E-state index is 0.627. The smallest absolute Gasteiger partial charge is 0.347 e. The van der Waals surface area contributed by atoms with Crippen molar-refractivity contribution in [2.75, 3.05) is 0 Å². The van der Waals surface area contributed by atoms with E-state index in [1.165, 1.54) is 12.1 Å². The van der Waals surface area contributed by atoms with E-state index in [-0.39, 0.29) is 0 Å². The van der Waals surface area contributed by atoms with Gasteiger partial charge < -0.3 is 4.57 Å². The van der Waals surface area contributed by atoms with Crippen molar-refractivity contribution in [1.82, 2.24) is 4.57 Å². The van der Waals surface area contributed by atoms with E-state index in [1.54, 1.807) is 0 Å². The lowest BCUT2D eigenvalue weighted by Gasteiger charge is -2.08. The van der Waals surface area contributed by atoms with Crippen LogP contribution in [0.3, 0.4) is 0 Å². The first-order valence-electron chi connectivity index (χ1n) is 6.67. The number of benzene rings is 2. The van der Waals surface area contributed by atoms with Crippen molar-refractivity contribution >= 4 is 10.9 Å². The highest BCUT2D eigenvalue weighted by atomic mass is 19.4. The van der Waals surface area contributed by atoms with Crippen LogP contribution in [-0.2, 0) is 12.7 Å². The van der Waals surface area contributed by atoms with Gasteiger partial charge in [-0.15, -0.1) is 0 Å². The molecule has 21 heavy (non-hydrogen) atoms. The fourth-order valence-electron chi connectivity index (χ4n) is 2.40. The van der Waals surface area contributed by atoms with Crippen LogP contribution in [0.4, 0.5) is 13.2 Å². The lowest BCUT2D eigenvalue weighted by Crippen LogP contribution is -2.03. The Morgan fingerprint density at radius 2 is 1.67 bits per heavy atom. The van der Waals surface area contributed by atoms with Gasteiger partial charge in [0, 0.05) is 29.7 Å². The molecule has 0 amide bonds. The number of hydrogen-bond acceptors (Lipinski definition) is 0. The molecule has 1 nitrogen and oxygen atoms in total. The summed E-state index contributed by atoms with van der Waals surface area (Å²) in [5, 5.41) is 1.01. The molecule has 0 aliphatic rings. The number of rotatable bonds is 2. The summed E-state index contributed by atoms with van der Waals surface area (Å²) in [4.78, 5) is 0. The van der Waals surface area contributed by atoms with Crippen LogP contribution in [0.25, 0.3) is 22.0 Å². The van der Waals surface area contributed by atoms with Crippen LogP contribution in [0.2, 0.25) is 0 Å². The Morgan fingerprint density at radius 3 is 2.29 bits per heavy atom. The topological polar surface area (TPSA) is 4.93 Å². The fourth-order valence-corrected chi connectivity index (χ4v) is 2.40. The van der Waals surface area contributed by atoms with E-state index < -0.39 is 11.7 Å². The maximum atomic E-state index is 12.6. The van der Waals surface area contributed by atoms with E-state index in [2.05, 4.69) is 10.6 Å². The summed E-state index contributed by atoms with van der Waals surface area (Å²) in [6, 6.07) is 14.2. The molecule has 1 heterocycles. The zero-order valence-corrected chi connectivity index (χ0v) is 11.4. The van der Waals surface area contributed by atoms with Crippen molar-refractivity contribution in [3.8, 4) is 11.1 Å². The molecule has 107 valence electrons. The summed E-state index contributed by atoms with van der Waals surface area (Å²) >= 11 is 0. The monoisotopic (exact) mass is 288 g/mol. The number of alkyl halides is 3. The van der Waals surface area contributed by atoms with Gasteiger partial charge in [-0.3, -0.25) is 0 Å². The summed E-state index contributed by atoms with van der Waals surface area (Å²) in [5.41, 5.74) is 2.08. The second kappa shape index (κ2) is 4.95. The van der Waals surface area contributed by atoms with Gasteiger partial charge in [0.15, 0.2) is 0 Å². The van der Waals surface area contributed by atoms with Crippen LogP contribution in [0.15, 0.2) is 48.7 Å². The molecule has 3 rings (SSSR count). The van der Waals surface area contributed by atoms with E-state index in [0.717, 1.165) is 40.7 Å². The number of fused-ring (bicyclic) bond motifs is 1. The second-order valence-corrected chi connectivity index (χ2v) is 4.87. The Bertz CT molecular complexity index is 767. The predicted molar refractivity (Wildman–Crippen MR) is 76.9 cm³/mol. The Hall–Kier alpha value is -2.23. The van der Waals surface area contributed by atoms with E-state index >= 15 is 0 Å². The third-order valence-electron chi connectivity index (χ3n) is 3.57. The van der Waals surface area contributed by atoms with Gasteiger partial charge in [-0.1, -0.05) is 24.3 Å². The highest BCUT2D eigenvalue weighted by Crippen LogP contribution is 2.31. The number of aryl methyl sites for hydroxylation is 1. The van der Waals surface area contributed by atoms with Crippen molar-refractivity contribution in [2.24, 2.45) is 0 Å². The maximum absolute atomic E-state index is 12.6. The Kier molecular flexibility index (Phi) is 3.24. The minimum atomic E-state index is -4.30. The molecule has 0 saturated carbocycles. The van der Waals surface area contributed by atoms with Gasteiger partial charge in [0.05, 0.1) is 5.56 Å². The molecule has 0 aliphatic heterocycles. The standard InChI is InChI=1S/C17H13F3N/c1-2-21-10-9-13-3-4-14(11-16(13)21)12-5-7-15(8-6-12)17(18,19)20/h3-8,10-11H,2H2,1H3. The van der Waals surface area contributed by atoms with Crippen LogP contribution in [0.1, 0.15) is 12.5 Å². The maximum Gasteiger partial charge on any atom is 0.416 e. The molecule has 4 heteroatoms. The van der Waals surface area contributed by atoms with Crippen LogP contribution < -0.4 is 0 Å². The van der Waals surface area contributed by atoms with Crippen LogP contribution in [0.5, 0.6) is 0 Å². The molecule has 1 radical (unpaired) electrons. The molecule has 0 bridgehead atoms. The molecule has 0 N–H and O–H groups in total. The summed E-state index contributed by atoms with van der Waals surface area (Å²) in [6.45, 7) is 2.87. The zero-order chi connectivity index (χ0) is 15.0. The van der Waals surface area contributed by atoms with E-state index in [9.17, 15) is 13.2 Å². The summed E-state index contributed by atoms with van der Waals surface area (Å²) in [5.74, 6) is 0. The first-order chi connectivity index (χ1) is 9.99. The summed E-state index contributed by atoms with van der Waals surface area (Å²) < 4.78 is 39.8. The average Bonchev–Trinajstić information content (AvgIpc) is 2.88. The van der Waals surface area contributed by atoms with Crippen LogP contribution in [0, 0.1) is 6.07 Å². The molecule has 0 atom stereocenters. The Labute approximate surface area is 120 Å². The first-order valence-corrected chi connectivity index (χ1v) is 6.67. The second-order valence-electron chi connectivity index (χ2n) is 4.87. The number of nitrogens with zero attached hydrogens (tertiary/aromatic N) is 1. The number of halogens is 3. The SMILES string of the molecule is CCn1c[c]c2ccc(-c3ccc(C(F)(F)F)cc3)cc21. The predicted octanol–water partition coefficient (Wildman–Crippen LogP) is 5.15. The van der Waals surface area contributed by atoms with E-state index in [0.29, 0.717) is 0 Å². The highest BCUT2D eigenvalue weighted by Gasteiger charge is 2.29. The molecular formula is C17H13F3N. The minimum Gasteiger partial charge on any atom is -0.347 e. The van der Waals surface area contributed by atoms with Gasteiger partial charge in [0.2, 0.25) is 0 Å². The Morgan fingerprint density at radius 1 is 1.00 bits per heavy atom. The van der Waals surface area contributed by atoms with E-state index in [1.807, 2.05) is 31.3 Å². The van der Waals surface area contributed by atoms with Gasteiger partial charge in [0.1, 0.15) is 0 Å². The molecule has 0 spiro atoms. The van der Waals surface area contributed by atoms with Crippen molar-refractivity contribution in [2.45, 2.75) is 19.6 Å². The third kappa shape index (κ3) is 2.53. The lowest BCUT2D eigenvalue weighted by molar-refractivity contribution is -0.137. The molecule has 0 fully saturated rings. The van der Waals surface area contributed by atoms with Crippen molar-refractivity contribution in [3.05, 3.63) is 60.3 Å². The van der Waals surface area contributed by atoms with Crippen LogP contribution in [-0.4, -0.2) is 4.57 Å². The molecule has 1 aromatic heterocycles. The zero-order valence-electron chi connectivity index (χ0n) is 11.4. The highest BCUT2D eigenvalue weighted by molar-refractivity contribution is 5.85. The quantitative estimate of drug-likeness (QED) is 0.614. The van der Waals surface area contributed by atoms with Crippen molar-refractivity contribution < 1.29 is 13.2 Å². The van der Waals surface area contributed by atoms with Gasteiger partial charge in [-0.2, -0.15) is 13.2 Å². The number of aromatic nitrogens is 1. The van der Waals surface area contributed by atoms with Gasteiger partial charge in [0.25, 0.3) is 0 Å². The van der Waals surface area contributed by atoms with Crippen LogP contribution >= 0.6 is 0 Å². The lowest BCUT2D eigenvalue weighted by atomic mass is 10.0. The molecule has 0 unspecified atom stereocenters. The van der Waals surface area contributed by atoms with E-state index in [4.69, 9.17) is 0 Å². The molecule has 0 saturated heterocycles. The van der Waals surface area contributed by atoms with Crippen molar-refractivity contribution in [1.29, 1.82) is 0 Å². The van der Waals surface area contributed by atoms with Gasteiger partial charge >= 0.3 is 6.18 Å². The fraction of sp³-hybridized carbons (Fsp3) is 0.176. The number of hydrogen-bond donors (Lipinski definition) is 0. The largest absolute Gasteiger partial charge is 0.416 e. The molecule has 2 aromatic carbocycles. The van der Waals surface area contributed by atoms with Crippen molar-refractivity contribution in [3.63, 3.8) is 0 Å². The van der Waals surface area contributed by atoms with Gasteiger partial charge in [-0.25, -0.2) is 0 Å². The third-order valence-corrected chi connectivity index (χ3v) is 3.57. The molecular weight excluding hydrogens is 275 g/mol. The summed E-state index contributed by atoms with van der Waals surface area (Å²) in [6.07, 6.45) is -2.41. The Balaban J connectivity index is 2.03. The molecule has 3 aromatic rings. The first kappa shape index (κ1) is 13.7. The average molecular weight is 288 g/mol. The normalized spacial score (nSPS) is 12.0. The molecule has 0 aliphatic carbocycles.